The number of ether oxygens (including phenoxy) is 1. The van der Waals surface area contributed by atoms with Crippen LogP contribution in [-0.2, 0) is 26.5 Å². The number of nitrogens with two attached hydrogens (primary N) is 1. The van der Waals surface area contributed by atoms with Gasteiger partial charge in [-0.25, -0.2) is 9.67 Å². The van der Waals surface area contributed by atoms with Crippen LogP contribution in [0.3, 0.4) is 0 Å². The minimum absolute atomic E-state index is 0.0838. The lowest BCUT2D eigenvalue weighted by Gasteiger charge is -2.40. The predicted molar refractivity (Wildman–Crippen MR) is 154 cm³/mol. The monoisotopic (exact) mass is 577 g/mol. The average Bonchev–Trinajstić information content (AvgIpc) is 3.75. The number of anilines is 1. The molecule has 0 radical (unpaired) electrons. The predicted octanol–water partition coefficient (Wildman–Crippen LogP) is 3.56. The lowest BCUT2D eigenvalue weighted by molar-refractivity contribution is -0.169. The second-order valence-electron chi connectivity index (χ2n) is 10.4. The van der Waals surface area contributed by atoms with Gasteiger partial charge in [0.1, 0.15) is 0 Å². The Bertz CT molecular complexity index is 1960. The number of furan rings is 1. The molecule has 1 saturated carbocycles. The molecule has 0 spiro atoms. The number of aromatic nitrogens is 7. The molecule has 7 rings (SSSR count). The van der Waals surface area contributed by atoms with Crippen molar-refractivity contribution in [3.05, 3.63) is 90.1 Å². The normalized spacial score (nSPS) is 14.8. The number of fused-ring (bicyclic) bond motifs is 3. The molecule has 3 N–H and O–H groups in total. The van der Waals surface area contributed by atoms with Gasteiger partial charge in [0, 0.05) is 6.92 Å². The number of esters is 1. The Morgan fingerprint density at radius 2 is 1.88 bits per heavy atom. The van der Waals surface area contributed by atoms with Crippen molar-refractivity contribution in [3.63, 3.8) is 0 Å². The standard InChI is InChI=1S/C30H27N9O4/c1-18(40)43-30(13-7-14-30)23-12-5-10-20(34-23)16-32-28(41)24(19-8-3-2-4-9-19)38-27-21(17-33-38)26-35-25(22-11-6-15-42-22)37-39(26)29(31)36-27/h2-6,8-12,15,17,24H,7,13-14,16H2,1H3,(H2,31,36)(H,32,41). The highest BCUT2D eigenvalue weighted by molar-refractivity contribution is 5.92. The summed E-state index contributed by atoms with van der Waals surface area (Å²) >= 11 is 0. The smallest absolute Gasteiger partial charge is 0.303 e. The highest BCUT2D eigenvalue weighted by Gasteiger charge is 2.43. The topological polar surface area (TPSA) is 168 Å². The first-order chi connectivity index (χ1) is 20.9. The Hall–Kier alpha value is -5.59. The molecule has 216 valence electrons. The summed E-state index contributed by atoms with van der Waals surface area (Å²) in [4.78, 5) is 39.5. The maximum atomic E-state index is 13.9. The number of nitrogens with one attached hydrogen (secondary N) is 1. The number of nitrogens with zero attached hydrogens (tertiary/aromatic N) is 7. The Morgan fingerprint density at radius 1 is 1.05 bits per heavy atom. The van der Waals surface area contributed by atoms with Gasteiger partial charge in [-0.3, -0.25) is 14.6 Å². The van der Waals surface area contributed by atoms with E-state index < -0.39 is 11.6 Å². The second-order valence-corrected chi connectivity index (χ2v) is 10.4. The van der Waals surface area contributed by atoms with Gasteiger partial charge >= 0.3 is 5.97 Å². The summed E-state index contributed by atoms with van der Waals surface area (Å²) in [6.07, 6.45) is 5.53. The molecule has 5 heterocycles. The zero-order valence-electron chi connectivity index (χ0n) is 23.2. The minimum Gasteiger partial charge on any atom is -0.461 e. The number of hydrogen-bond acceptors (Lipinski definition) is 10. The molecule has 1 fully saturated rings. The van der Waals surface area contributed by atoms with Crippen molar-refractivity contribution in [1.82, 2.24) is 39.7 Å². The van der Waals surface area contributed by atoms with Gasteiger partial charge in [0.15, 0.2) is 28.7 Å². The molecule has 13 nitrogen and oxygen atoms in total. The van der Waals surface area contributed by atoms with Gasteiger partial charge < -0.3 is 20.2 Å². The number of rotatable bonds is 8. The average molecular weight is 578 g/mol. The van der Waals surface area contributed by atoms with Crippen LogP contribution in [0.1, 0.15) is 49.2 Å². The van der Waals surface area contributed by atoms with Crippen LogP contribution >= 0.6 is 0 Å². The molecule has 43 heavy (non-hydrogen) atoms. The number of amides is 1. The van der Waals surface area contributed by atoms with E-state index >= 15 is 0 Å². The van der Waals surface area contributed by atoms with E-state index in [9.17, 15) is 9.59 Å². The summed E-state index contributed by atoms with van der Waals surface area (Å²) in [5.74, 6) is 0.259. The van der Waals surface area contributed by atoms with Crippen LogP contribution in [-0.4, -0.2) is 46.2 Å². The lowest BCUT2D eigenvalue weighted by Crippen LogP contribution is -2.40. The van der Waals surface area contributed by atoms with Crippen molar-refractivity contribution in [2.75, 3.05) is 5.73 Å². The van der Waals surface area contributed by atoms with E-state index in [1.807, 2.05) is 48.5 Å². The molecule has 1 aromatic carbocycles. The number of nitrogen functional groups attached to an aromatic ring is 1. The Kier molecular flexibility index (Phi) is 6.34. The largest absolute Gasteiger partial charge is 0.461 e. The zero-order valence-corrected chi connectivity index (χ0v) is 23.2. The molecule has 1 aliphatic rings. The van der Waals surface area contributed by atoms with Crippen molar-refractivity contribution in [3.8, 4) is 11.6 Å². The van der Waals surface area contributed by atoms with Crippen LogP contribution in [0.15, 0.2) is 77.5 Å². The quantitative estimate of drug-likeness (QED) is 0.255. The van der Waals surface area contributed by atoms with Crippen molar-refractivity contribution < 1.29 is 18.7 Å². The van der Waals surface area contributed by atoms with Gasteiger partial charge in [-0.15, -0.1) is 5.10 Å². The van der Waals surface area contributed by atoms with Crippen molar-refractivity contribution in [2.45, 2.75) is 44.4 Å². The van der Waals surface area contributed by atoms with Crippen molar-refractivity contribution in [1.29, 1.82) is 0 Å². The van der Waals surface area contributed by atoms with Crippen LogP contribution in [0.2, 0.25) is 0 Å². The third kappa shape index (κ3) is 4.64. The summed E-state index contributed by atoms with van der Waals surface area (Å²) in [7, 11) is 0. The first kappa shape index (κ1) is 26.3. The molecule has 0 bridgehead atoms. The molecular weight excluding hydrogens is 550 g/mol. The van der Waals surface area contributed by atoms with Crippen LogP contribution in [0.5, 0.6) is 0 Å². The van der Waals surface area contributed by atoms with Gasteiger partial charge in [-0.1, -0.05) is 36.4 Å². The van der Waals surface area contributed by atoms with E-state index in [1.54, 1.807) is 18.3 Å². The van der Waals surface area contributed by atoms with Gasteiger partial charge in [-0.2, -0.15) is 14.6 Å². The summed E-state index contributed by atoms with van der Waals surface area (Å²) < 4.78 is 14.1. The van der Waals surface area contributed by atoms with Crippen LogP contribution < -0.4 is 11.1 Å². The molecule has 0 saturated heterocycles. The molecule has 5 aromatic heterocycles. The van der Waals surface area contributed by atoms with E-state index in [-0.39, 0.29) is 24.4 Å². The lowest BCUT2D eigenvalue weighted by atomic mass is 9.77. The van der Waals surface area contributed by atoms with E-state index in [2.05, 4.69) is 25.5 Å². The van der Waals surface area contributed by atoms with Crippen molar-refractivity contribution >= 4 is 34.5 Å². The molecule has 0 aliphatic heterocycles. The Balaban J connectivity index is 1.22. The van der Waals surface area contributed by atoms with Crippen LogP contribution in [0.4, 0.5) is 5.95 Å². The molecular formula is C30H27N9O4. The number of carbonyl (C=O) groups is 2. The van der Waals surface area contributed by atoms with Crippen LogP contribution in [0, 0.1) is 0 Å². The number of benzene rings is 1. The molecule has 13 heteroatoms. The fourth-order valence-corrected chi connectivity index (χ4v) is 5.45. The molecule has 1 amide bonds. The first-order valence-corrected chi connectivity index (χ1v) is 13.8. The van der Waals surface area contributed by atoms with E-state index in [1.165, 1.54) is 22.4 Å². The fourth-order valence-electron chi connectivity index (χ4n) is 5.45. The van der Waals surface area contributed by atoms with Gasteiger partial charge in [0.2, 0.25) is 17.7 Å². The second kappa shape index (κ2) is 10.4. The van der Waals surface area contributed by atoms with E-state index in [4.69, 9.17) is 19.9 Å². The van der Waals surface area contributed by atoms with Gasteiger partial charge in [0.05, 0.1) is 35.8 Å². The Labute approximate surface area is 244 Å². The van der Waals surface area contributed by atoms with E-state index in [0.29, 0.717) is 45.2 Å². The zero-order chi connectivity index (χ0) is 29.6. The highest BCUT2D eigenvalue weighted by Crippen LogP contribution is 2.44. The molecule has 1 atom stereocenters. The third-order valence-corrected chi connectivity index (χ3v) is 7.62. The molecule has 6 aromatic rings. The first-order valence-electron chi connectivity index (χ1n) is 13.8. The van der Waals surface area contributed by atoms with Gasteiger partial charge in [0.25, 0.3) is 0 Å². The van der Waals surface area contributed by atoms with Crippen LogP contribution in [0.25, 0.3) is 28.3 Å². The minimum atomic E-state index is -0.872. The number of carbonyl (C=O) groups excluding carboxylic acids is 2. The molecule has 1 unspecified atom stereocenters. The Morgan fingerprint density at radius 3 is 2.60 bits per heavy atom. The van der Waals surface area contributed by atoms with Crippen molar-refractivity contribution in [2.24, 2.45) is 0 Å². The maximum Gasteiger partial charge on any atom is 0.303 e. The molecule has 1 aliphatic carbocycles. The summed E-state index contributed by atoms with van der Waals surface area (Å²) in [5.41, 5.74) is 8.43. The number of pyridine rings is 1. The summed E-state index contributed by atoms with van der Waals surface area (Å²) in [6.45, 7) is 1.56. The summed E-state index contributed by atoms with van der Waals surface area (Å²) in [5, 5.41) is 12.6. The third-order valence-electron chi connectivity index (χ3n) is 7.62. The van der Waals surface area contributed by atoms with Gasteiger partial charge in [-0.05, 0) is 49.1 Å². The van der Waals surface area contributed by atoms with E-state index in [0.717, 1.165) is 19.3 Å². The highest BCUT2D eigenvalue weighted by atomic mass is 16.6. The number of hydrogen-bond donors (Lipinski definition) is 2. The SMILES string of the molecule is CC(=O)OC1(c2cccc(CNC(=O)C(c3ccccc3)n3ncc4c3nc(N)n3nc(-c5ccco5)nc43)n2)CCC1. The summed E-state index contributed by atoms with van der Waals surface area (Å²) in [6, 6.07) is 17.5. The maximum absolute atomic E-state index is 13.9. The fraction of sp³-hybridized carbons (Fsp3) is 0.233.